The van der Waals surface area contributed by atoms with Crippen molar-refractivity contribution in [2.75, 3.05) is 0 Å². The average Bonchev–Trinajstić information content (AvgIpc) is 2.20. The van der Waals surface area contributed by atoms with Crippen LogP contribution < -0.4 is 5.73 Å². The first-order valence-corrected chi connectivity index (χ1v) is 6.90. The predicted molar refractivity (Wildman–Crippen MR) is 74.3 cm³/mol. The average molecular weight is 270 g/mol. The number of rotatable bonds is 2. The van der Waals surface area contributed by atoms with E-state index in [1.165, 1.54) is 12.5 Å². The van der Waals surface area contributed by atoms with Gasteiger partial charge in [-0.25, -0.2) is 4.39 Å². The summed E-state index contributed by atoms with van der Waals surface area (Å²) in [5.74, 6) is -0.240. The lowest BCUT2D eigenvalue weighted by molar-refractivity contribution is 0.150. The van der Waals surface area contributed by atoms with Crippen molar-refractivity contribution in [2.24, 2.45) is 11.1 Å². The second-order valence-electron chi connectivity index (χ2n) is 6.47. The highest BCUT2D eigenvalue weighted by Gasteiger charge is 2.37. The van der Waals surface area contributed by atoms with Gasteiger partial charge in [-0.2, -0.15) is 0 Å². The normalized spacial score (nSPS) is 27.2. The number of halogens is 2. The van der Waals surface area contributed by atoms with Gasteiger partial charge in [0.2, 0.25) is 0 Å². The maximum absolute atomic E-state index is 13.8. The molecule has 1 aromatic rings. The number of nitrogens with two attached hydrogens (primary N) is 1. The molecular formula is C15H21ClFN. The van der Waals surface area contributed by atoms with Gasteiger partial charge in [-0.3, -0.25) is 0 Å². The summed E-state index contributed by atoms with van der Waals surface area (Å²) >= 11 is 5.77. The molecule has 0 saturated heterocycles. The summed E-state index contributed by atoms with van der Waals surface area (Å²) in [4.78, 5) is 0. The third-order valence-electron chi connectivity index (χ3n) is 3.92. The standard InChI is InChI=1S/C15H21ClFN/c1-14(2)6-3-7-15(18,10-14)9-11-4-5-12(16)8-13(11)17/h4-5,8H,3,6-7,9-10,18H2,1-2H3. The number of hydrogen-bond donors (Lipinski definition) is 1. The van der Waals surface area contributed by atoms with Crippen LogP contribution in [0.2, 0.25) is 5.02 Å². The van der Waals surface area contributed by atoms with Crippen LogP contribution in [0.1, 0.15) is 45.1 Å². The molecule has 2 rings (SSSR count). The van der Waals surface area contributed by atoms with Crippen molar-refractivity contribution in [3.63, 3.8) is 0 Å². The van der Waals surface area contributed by atoms with E-state index in [4.69, 9.17) is 17.3 Å². The van der Waals surface area contributed by atoms with Gasteiger partial charge >= 0.3 is 0 Å². The Morgan fingerprint density at radius 2 is 2.06 bits per heavy atom. The van der Waals surface area contributed by atoms with Crippen molar-refractivity contribution >= 4 is 11.6 Å². The Morgan fingerprint density at radius 1 is 1.33 bits per heavy atom. The third kappa shape index (κ3) is 3.24. The Bertz CT molecular complexity index is 444. The number of hydrogen-bond acceptors (Lipinski definition) is 1. The van der Waals surface area contributed by atoms with Gasteiger partial charge in [0, 0.05) is 10.6 Å². The van der Waals surface area contributed by atoms with E-state index >= 15 is 0 Å². The Labute approximate surface area is 114 Å². The van der Waals surface area contributed by atoms with E-state index in [0.717, 1.165) is 19.3 Å². The highest BCUT2D eigenvalue weighted by atomic mass is 35.5. The Morgan fingerprint density at radius 3 is 2.67 bits per heavy atom. The van der Waals surface area contributed by atoms with Crippen molar-refractivity contribution in [2.45, 2.75) is 51.5 Å². The van der Waals surface area contributed by atoms with E-state index in [1.54, 1.807) is 12.1 Å². The first-order valence-electron chi connectivity index (χ1n) is 6.53. The van der Waals surface area contributed by atoms with Crippen molar-refractivity contribution in [3.8, 4) is 0 Å². The summed E-state index contributed by atoms with van der Waals surface area (Å²) in [5.41, 5.74) is 7.13. The second-order valence-corrected chi connectivity index (χ2v) is 6.91. The minimum absolute atomic E-state index is 0.240. The lowest BCUT2D eigenvalue weighted by Crippen LogP contribution is -2.48. The van der Waals surface area contributed by atoms with E-state index in [1.807, 2.05) is 0 Å². The fourth-order valence-corrected chi connectivity index (χ4v) is 3.40. The molecule has 1 aromatic carbocycles. The van der Waals surface area contributed by atoms with Gasteiger partial charge in [-0.05, 0) is 48.8 Å². The van der Waals surface area contributed by atoms with Gasteiger partial charge in [0.25, 0.3) is 0 Å². The maximum Gasteiger partial charge on any atom is 0.127 e. The zero-order valence-electron chi connectivity index (χ0n) is 11.1. The Hall–Kier alpha value is -0.600. The molecule has 0 amide bonds. The molecule has 0 radical (unpaired) electrons. The Kier molecular flexibility index (Phi) is 3.70. The van der Waals surface area contributed by atoms with E-state index in [-0.39, 0.29) is 16.8 Å². The third-order valence-corrected chi connectivity index (χ3v) is 4.15. The summed E-state index contributed by atoms with van der Waals surface area (Å²) in [6.07, 6.45) is 4.84. The van der Waals surface area contributed by atoms with Gasteiger partial charge in [0.1, 0.15) is 5.82 Å². The molecule has 18 heavy (non-hydrogen) atoms. The SMILES string of the molecule is CC1(C)CCCC(N)(Cc2ccc(Cl)cc2F)C1. The van der Waals surface area contributed by atoms with Crippen LogP contribution in [0, 0.1) is 11.2 Å². The van der Waals surface area contributed by atoms with Gasteiger partial charge in [-0.15, -0.1) is 0 Å². The largest absolute Gasteiger partial charge is 0.325 e. The lowest BCUT2D eigenvalue weighted by Gasteiger charge is -2.42. The second kappa shape index (κ2) is 4.82. The predicted octanol–water partition coefficient (Wildman–Crippen LogP) is 4.32. The van der Waals surface area contributed by atoms with Crippen LogP contribution in [-0.4, -0.2) is 5.54 Å². The van der Waals surface area contributed by atoms with E-state index < -0.39 is 0 Å². The van der Waals surface area contributed by atoms with Gasteiger partial charge < -0.3 is 5.73 Å². The van der Waals surface area contributed by atoms with Crippen molar-refractivity contribution in [1.82, 2.24) is 0 Å². The fraction of sp³-hybridized carbons (Fsp3) is 0.600. The van der Waals surface area contributed by atoms with Crippen molar-refractivity contribution < 1.29 is 4.39 Å². The molecule has 0 aromatic heterocycles. The number of benzene rings is 1. The van der Waals surface area contributed by atoms with E-state index in [0.29, 0.717) is 17.0 Å². The highest BCUT2D eigenvalue weighted by molar-refractivity contribution is 6.30. The fourth-order valence-electron chi connectivity index (χ4n) is 3.24. The van der Waals surface area contributed by atoms with Gasteiger partial charge in [0.15, 0.2) is 0 Å². The quantitative estimate of drug-likeness (QED) is 0.850. The molecule has 0 heterocycles. The molecule has 3 heteroatoms. The summed E-state index contributed by atoms with van der Waals surface area (Å²) in [5, 5.41) is 0.436. The molecular weight excluding hydrogens is 249 g/mol. The van der Waals surface area contributed by atoms with Crippen LogP contribution >= 0.6 is 11.6 Å². The molecule has 1 aliphatic carbocycles. The minimum Gasteiger partial charge on any atom is -0.325 e. The first kappa shape index (κ1) is 13.8. The van der Waals surface area contributed by atoms with E-state index in [9.17, 15) is 4.39 Å². The zero-order chi connectivity index (χ0) is 13.4. The molecule has 1 saturated carbocycles. The van der Waals surface area contributed by atoms with Crippen LogP contribution in [0.5, 0.6) is 0 Å². The van der Waals surface area contributed by atoms with Crippen molar-refractivity contribution in [1.29, 1.82) is 0 Å². The molecule has 2 N–H and O–H groups in total. The maximum atomic E-state index is 13.8. The summed E-state index contributed by atoms with van der Waals surface area (Å²) in [6.45, 7) is 4.48. The van der Waals surface area contributed by atoms with Crippen LogP contribution in [0.25, 0.3) is 0 Å². The van der Waals surface area contributed by atoms with Crippen LogP contribution in [0.3, 0.4) is 0 Å². The van der Waals surface area contributed by atoms with Gasteiger partial charge in [-0.1, -0.05) is 37.9 Å². The molecule has 1 nitrogen and oxygen atoms in total. The van der Waals surface area contributed by atoms with Gasteiger partial charge in [0.05, 0.1) is 0 Å². The summed E-state index contributed by atoms with van der Waals surface area (Å²) in [7, 11) is 0. The minimum atomic E-state index is -0.281. The summed E-state index contributed by atoms with van der Waals surface area (Å²) < 4.78 is 13.8. The van der Waals surface area contributed by atoms with E-state index in [2.05, 4.69) is 13.8 Å². The van der Waals surface area contributed by atoms with Crippen LogP contribution in [-0.2, 0) is 6.42 Å². The van der Waals surface area contributed by atoms with Crippen molar-refractivity contribution in [3.05, 3.63) is 34.6 Å². The molecule has 1 atom stereocenters. The topological polar surface area (TPSA) is 26.0 Å². The van der Waals surface area contributed by atoms with Crippen LogP contribution in [0.15, 0.2) is 18.2 Å². The molecule has 1 unspecified atom stereocenters. The molecule has 0 spiro atoms. The molecule has 100 valence electrons. The lowest BCUT2D eigenvalue weighted by atomic mass is 9.66. The monoisotopic (exact) mass is 269 g/mol. The highest BCUT2D eigenvalue weighted by Crippen LogP contribution is 2.41. The molecule has 0 bridgehead atoms. The summed E-state index contributed by atoms with van der Waals surface area (Å²) in [6, 6.07) is 4.86. The smallest absolute Gasteiger partial charge is 0.127 e. The molecule has 0 aliphatic heterocycles. The molecule has 1 fully saturated rings. The Balaban J connectivity index is 2.17. The first-order chi connectivity index (χ1) is 8.30. The molecule has 1 aliphatic rings. The van der Waals surface area contributed by atoms with Crippen LogP contribution in [0.4, 0.5) is 4.39 Å². The zero-order valence-corrected chi connectivity index (χ0v) is 11.9.